The SMILES string of the molecule is CN1CCC(NC(=O)c2ccc(Nc3ncc(C#N)c(NC4CCCC4ON)n3)cc2)CC1. The van der Waals surface area contributed by atoms with Gasteiger partial charge < -0.3 is 20.9 Å². The molecule has 4 rings (SSSR count). The van der Waals surface area contributed by atoms with Crippen molar-refractivity contribution in [2.24, 2.45) is 5.90 Å². The monoisotopic (exact) mass is 450 g/mol. The molecular weight excluding hydrogens is 420 g/mol. The summed E-state index contributed by atoms with van der Waals surface area (Å²) in [5.74, 6) is 6.12. The average Bonchev–Trinajstić information content (AvgIpc) is 3.28. The molecule has 1 aliphatic heterocycles. The summed E-state index contributed by atoms with van der Waals surface area (Å²) in [7, 11) is 2.10. The Labute approximate surface area is 193 Å². The number of aromatic nitrogens is 2. The number of rotatable bonds is 7. The molecule has 1 aromatic heterocycles. The van der Waals surface area contributed by atoms with Gasteiger partial charge in [-0.25, -0.2) is 10.9 Å². The minimum atomic E-state index is -0.115. The second-order valence-electron chi connectivity index (χ2n) is 8.68. The third-order valence-corrected chi connectivity index (χ3v) is 6.32. The standard InChI is InChI=1S/C23H30N8O2/c1-31-11-9-18(10-12-31)27-22(32)15-5-7-17(8-6-15)28-23-26-14-16(13-24)21(30-23)29-19-3-2-4-20(19)33-25/h5-8,14,18-20H,2-4,9-12,25H2,1H3,(H,27,32)(H2,26,28,29,30). The number of carbonyl (C=O) groups is 1. The van der Waals surface area contributed by atoms with E-state index in [1.165, 1.54) is 6.20 Å². The van der Waals surface area contributed by atoms with Crippen LogP contribution in [0.1, 0.15) is 48.0 Å². The van der Waals surface area contributed by atoms with Gasteiger partial charge in [-0.2, -0.15) is 10.2 Å². The summed E-state index contributed by atoms with van der Waals surface area (Å²) in [4.78, 5) is 28.6. The van der Waals surface area contributed by atoms with E-state index in [1.54, 1.807) is 12.1 Å². The number of piperidine rings is 1. The molecule has 2 fully saturated rings. The molecule has 2 atom stereocenters. The number of benzene rings is 1. The first-order chi connectivity index (χ1) is 16.1. The van der Waals surface area contributed by atoms with Crippen molar-refractivity contribution in [1.29, 1.82) is 5.26 Å². The van der Waals surface area contributed by atoms with Crippen molar-refractivity contribution in [2.75, 3.05) is 30.8 Å². The number of amides is 1. The number of anilines is 3. The van der Waals surface area contributed by atoms with Crippen molar-refractivity contribution in [1.82, 2.24) is 20.2 Å². The van der Waals surface area contributed by atoms with E-state index >= 15 is 0 Å². The molecule has 5 N–H and O–H groups in total. The van der Waals surface area contributed by atoms with Crippen LogP contribution in [0.2, 0.25) is 0 Å². The zero-order valence-electron chi connectivity index (χ0n) is 18.8. The van der Waals surface area contributed by atoms with Gasteiger partial charge in [-0.1, -0.05) is 0 Å². The maximum atomic E-state index is 12.6. The molecule has 2 unspecified atom stereocenters. The first kappa shape index (κ1) is 22.9. The molecule has 1 saturated carbocycles. The maximum absolute atomic E-state index is 12.6. The predicted molar refractivity (Wildman–Crippen MR) is 125 cm³/mol. The van der Waals surface area contributed by atoms with Crippen molar-refractivity contribution < 1.29 is 9.63 Å². The fourth-order valence-corrected chi connectivity index (χ4v) is 4.32. The molecular formula is C23H30N8O2. The lowest BCUT2D eigenvalue weighted by atomic mass is 10.0. The number of carbonyl (C=O) groups excluding carboxylic acids is 1. The molecule has 2 heterocycles. The molecule has 1 aliphatic carbocycles. The zero-order chi connectivity index (χ0) is 23.2. The van der Waals surface area contributed by atoms with E-state index in [9.17, 15) is 10.1 Å². The molecule has 1 amide bonds. The molecule has 10 nitrogen and oxygen atoms in total. The van der Waals surface area contributed by atoms with Gasteiger partial charge in [0.05, 0.1) is 18.3 Å². The molecule has 0 spiro atoms. The Morgan fingerprint density at radius 3 is 2.67 bits per heavy atom. The van der Waals surface area contributed by atoms with Crippen LogP contribution in [0.15, 0.2) is 30.5 Å². The summed E-state index contributed by atoms with van der Waals surface area (Å²) in [6, 6.07) is 9.50. The van der Waals surface area contributed by atoms with E-state index in [0.717, 1.165) is 50.9 Å². The summed E-state index contributed by atoms with van der Waals surface area (Å²) >= 11 is 0. The van der Waals surface area contributed by atoms with Gasteiger partial charge >= 0.3 is 0 Å². The number of hydrogen-bond acceptors (Lipinski definition) is 9. The number of nitrogens with two attached hydrogens (primary N) is 1. The highest BCUT2D eigenvalue weighted by Crippen LogP contribution is 2.26. The Kier molecular flexibility index (Phi) is 7.34. The maximum Gasteiger partial charge on any atom is 0.251 e. The van der Waals surface area contributed by atoms with Crippen LogP contribution < -0.4 is 21.8 Å². The third kappa shape index (κ3) is 5.76. The van der Waals surface area contributed by atoms with Crippen LogP contribution >= 0.6 is 0 Å². The van der Waals surface area contributed by atoms with Crippen molar-refractivity contribution in [2.45, 2.75) is 50.3 Å². The Hall–Kier alpha value is -3.26. The van der Waals surface area contributed by atoms with Crippen molar-refractivity contribution >= 4 is 23.4 Å². The molecule has 2 aromatic rings. The van der Waals surface area contributed by atoms with Crippen LogP contribution in [-0.2, 0) is 4.84 Å². The average molecular weight is 451 g/mol. The highest BCUT2D eigenvalue weighted by molar-refractivity contribution is 5.94. The van der Waals surface area contributed by atoms with Gasteiger partial charge in [0, 0.05) is 17.3 Å². The summed E-state index contributed by atoms with van der Waals surface area (Å²) in [5.41, 5.74) is 1.70. The van der Waals surface area contributed by atoms with E-state index in [1.807, 2.05) is 12.1 Å². The molecule has 0 radical (unpaired) electrons. The number of nitriles is 1. The summed E-state index contributed by atoms with van der Waals surface area (Å²) < 4.78 is 0. The Morgan fingerprint density at radius 1 is 1.21 bits per heavy atom. The Morgan fingerprint density at radius 2 is 1.97 bits per heavy atom. The highest BCUT2D eigenvalue weighted by Gasteiger charge is 2.28. The smallest absolute Gasteiger partial charge is 0.251 e. The van der Waals surface area contributed by atoms with Gasteiger partial charge in [0.15, 0.2) is 0 Å². The van der Waals surface area contributed by atoms with Crippen LogP contribution in [0, 0.1) is 11.3 Å². The van der Waals surface area contributed by atoms with Crippen LogP contribution in [0.3, 0.4) is 0 Å². The number of nitrogens with one attached hydrogen (secondary N) is 3. The lowest BCUT2D eigenvalue weighted by Gasteiger charge is -2.29. The van der Waals surface area contributed by atoms with Gasteiger partial charge in [0.25, 0.3) is 5.91 Å². The molecule has 1 aromatic carbocycles. The molecule has 10 heteroatoms. The molecule has 2 aliphatic rings. The first-order valence-electron chi connectivity index (χ1n) is 11.3. The largest absolute Gasteiger partial charge is 0.363 e. The van der Waals surface area contributed by atoms with Gasteiger partial charge in [-0.3, -0.25) is 9.63 Å². The van der Waals surface area contributed by atoms with Crippen LogP contribution in [0.25, 0.3) is 0 Å². The normalized spacial score (nSPS) is 21.4. The molecule has 174 valence electrons. The van der Waals surface area contributed by atoms with E-state index < -0.39 is 0 Å². The Bertz CT molecular complexity index is 999. The lowest BCUT2D eigenvalue weighted by Crippen LogP contribution is -2.43. The van der Waals surface area contributed by atoms with Crippen molar-refractivity contribution in [3.63, 3.8) is 0 Å². The van der Waals surface area contributed by atoms with E-state index in [4.69, 9.17) is 10.7 Å². The summed E-state index contributed by atoms with van der Waals surface area (Å²) in [6.45, 7) is 1.99. The van der Waals surface area contributed by atoms with Gasteiger partial charge in [0.1, 0.15) is 17.5 Å². The third-order valence-electron chi connectivity index (χ3n) is 6.32. The van der Waals surface area contributed by atoms with Crippen LogP contribution in [0.4, 0.5) is 17.5 Å². The van der Waals surface area contributed by atoms with Gasteiger partial charge in [0.2, 0.25) is 5.95 Å². The van der Waals surface area contributed by atoms with Crippen molar-refractivity contribution in [3.8, 4) is 6.07 Å². The Balaban J connectivity index is 1.39. The number of hydrogen-bond donors (Lipinski definition) is 4. The van der Waals surface area contributed by atoms with Crippen molar-refractivity contribution in [3.05, 3.63) is 41.6 Å². The predicted octanol–water partition coefficient (Wildman–Crippen LogP) is 2.14. The van der Waals surface area contributed by atoms with Crippen LogP contribution in [0.5, 0.6) is 0 Å². The second kappa shape index (κ2) is 10.6. The number of nitrogens with zero attached hydrogens (tertiary/aromatic N) is 4. The molecule has 0 bridgehead atoms. The zero-order valence-corrected chi connectivity index (χ0v) is 18.8. The first-order valence-corrected chi connectivity index (χ1v) is 11.3. The van der Waals surface area contributed by atoms with Gasteiger partial charge in [-0.05, 0) is 76.5 Å². The minimum Gasteiger partial charge on any atom is -0.363 e. The van der Waals surface area contributed by atoms with Gasteiger partial charge in [-0.15, -0.1) is 0 Å². The lowest BCUT2D eigenvalue weighted by molar-refractivity contribution is 0.0520. The van der Waals surface area contributed by atoms with E-state index in [2.05, 4.69) is 43.9 Å². The summed E-state index contributed by atoms with van der Waals surface area (Å²) in [6.07, 6.45) is 6.05. The minimum absolute atomic E-state index is 0.00721. The van der Waals surface area contributed by atoms with Crippen LogP contribution in [-0.4, -0.2) is 59.1 Å². The van der Waals surface area contributed by atoms with E-state index in [0.29, 0.717) is 22.9 Å². The fraction of sp³-hybridized carbons (Fsp3) is 0.478. The summed E-state index contributed by atoms with van der Waals surface area (Å²) in [5, 5.41) is 19.0. The van der Waals surface area contributed by atoms with E-state index in [-0.39, 0.29) is 24.1 Å². The molecule has 1 saturated heterocycles. The molecule has 33 heavy (non-hydrogen) atoms. The second-order valence-corrected chi connectivity index (χ2v) is 8.68. The topological polar surface area (TPSA) is 141 Å². The number of likely N-dealkylation sites (tertiary alicyclic amines) is 1. The highest BCUT2D eigenvalue weighted by atomic mass is 16.6. The quantitative estimate of drug-likeness (QED) is 0.467. The fourth-order valence-electron chi connectivity index (χ4n) is 4.32.